The van der Waals surface area contributed by atoms with E-state index in [1.165, 1.54) is 12.1 Å². The van der Waals surface area contributed by atoms with Gasteiger partial charge < -0.3 is 0 Å². The van der Waals surface area contributed by atoms with E-state index in [1.54, 1.807) is 6.92 Å². The Morgan fingerprint density at radius 1 is 1.58 bits per heavy atom. The molecule has 0 saturated carbocycles. The van der Waals surface area contributed by atoms with Crippen molar-refractivity contribution in [3.8, 4) is 6.07 Å². The summed E-state index contributed by atoms with van der Waals surface area (Å²) >= 11 is 5.76. The van der Waals surface area contributed by atoms with E-state index in [9.17, 15) is 4.39 Å². The zero-order chi connectivity index (χ0) is 9.14. The minimum Gasteiger partial charge on any atom is -0.207 e. The average molecular weight is 184 g/mol. The van der Waals surface area contributed by atoms with Crippen molar-refractivity contribution in [2.75, 3.05) is 0 Å². The summed E-state index contributed by atoms with van der Waals surface area (Å²) < 4.78 is 12.9. The highest BCUT2D eigenvalue weighted by Gasteiger charge is 2.04. The topological polar surface area (TPSA) is 23.8 Å². The fraction of sp³-hybridized carbons (Fsp3) is 0.222. The number of nitrogens with zero attached hydrogens (tertiary/aromatic N) is 1. The van der Waals surface area contributed by atoms with Gasteiger partial charge in [0.2, 0.25) is 0 Å². The largest absolute Gasteiger partial charge is 0.207 e. The van der Waals surface area contributed by atoms with Crippen LogP contribution in [0, 0.1) is 24.1 Å². The summed E-state index contributed by atoms with van der Waals surface area (Å²) in [7, 11) is 0. The van der Waals surface area contributed by atoms with Gasteiger partial charge in [0.05, 0.1) is 12.5 Å². The molecule has 1 rings (SSSR count). The predicted octanol–water partition coefficient (Wildman–Crippen LogP) is 2.85. The highest BCUT2D eigenvalue weighted by Crippen LogP contribution is 2.20. The number of rotatable bonds is 1. The zero-order valence-corrected chi connectivity index (χ0v) is 7.32. The normalized spacial score (nSPS) is 9.50. The molecule has 0 spiro atoms. The van der Waals surface area contributed by atoms with E-state index in [2.05, 4.69) is 0 Å². The van der Waals surface area contributed by atoms with Crippen molar-refractivity contribution in [1.29, 1.82) is 5.26 Å². The smallest absolute Gasteiger partial charge is 0.126 e. The van der Waals surface area contributed by atoms with Crippen molar-refractivity contribution in [1.82, 2.24) is 0 Å². The molecule has 0 N–H and O–H groups in total. The van der Waals surface area contributed by atoms with Crippen molar-refractivity contribution in [3.05, 3.63) is 34.1 Å². The Kier molecular flexibility index (Phi) is 2.67. The van der Waals surface area contributed by atoms with Crippen LogP contribution in [0.2, 0.25) is 5.02 Å². The standard InChI is InChI=1S/C9H7ClFN/c1-6-4-8(10)7(2-3-12)5-9(6)11/h4-5H,2H2,1H3. The minimum absolute atomic E-state index is 0.149. The fourth-order valence-electron chi connectivity index (χ4n) is 0.908. The van der Waals surface area contributed by atoms with E-state index in [0.29, 0.717) is 16.1 Å². The van der Waals surface area contributed by atoms with Crippen molar-refractivity contribution < 1.29 is 4.39 Å². The maximum absolute atomic E-state index is 12.9. The van der Waals surface area contributed by atoms with Crippen LogP contribution in [-0.2, 0) is 6.42 Å². The third-order valence-corrected chi connectivity index (χ3v) is 1.95. The molecule has 0 atom stereocenters. The van der Waals surface area contributed by atoms with Gasteiger partial charge in [-0.15, -0.1) is 0 Å². The van der Waals surface area contributed by atoms with Gasteiger partial charge in [0, 0.05) is 5.02 Å². The molecular weight excluding hydrogens is 177 g/mol. The Morgan fingerprint density at radius 2 is 2.25 bits per heavy atom. The molecule has 0 amide bonds. The van der Waals surface area contributed by atoms with Crippen LogP contribution < -0.4 is 0 Å². The van der Waals surface area contributed by atoms with Crippen molar-refractivity contribution >= 4 is 11.6 Å². The van der Waals surface area contributed by atoms with Crippen molar-refractivity contribution in [2.45, 2.75) is 13.3 Å². The van der Waals surface area contributed by atoms with Gasteiger partial charge in [0.1, 0.15) is 5.82 Å². The molecule has 0 saturated heterocycles. The van der Waals surface area contributed by atoms with Gasteiger partial charge in [-0.25, -0.2) is 4.39 Å². The molecule has 0 aliphatic carbocycles. The van der Waals surface area contributed by atoms with Gasteiger partial charge in [0.25, 0.3) is 0 Å². The van der Waals surface area contributed by atoms with Gasteiger partial charge in [-0.1, -0.05) is 11.6 Å². The van der Waals surface area contributed by atoms with E-state index < -0.39 is 0 Å². The summed E-state index contributed by atoms with van der Waals surface area (Å²) in [6.45, 7) is 1.64. The van der Waals surface area contributed by atoms with Gasteiger partial charge in [-0.05, 0) is 30.2 Å². The highest BCUT2D eigenvalue weighted by atomic mass is 35.5. The lowest BCUT2D eigenvalue weighted by atomic mass is 10.1. The Morgan fingerprint density at radius 3 is 2.83 bits per heavy atom. The molecule has 12 heavy (non-hydrogen) atoms. The lowest BCUT2D eigenvalue weighted by Gasteiger charge is -2.01. The second-order valence-electron chi connectivity index (χ2n) is 2.53. The summed E-state index contributed by atoms with van der Waals surface area (Å²) in [6.07, 6.45) is 0.149. The molecule has 0 heterocycles. The first-order chi connectivity index (χ1) is 5.65. The quantitative estimate of drug-likeness (QED) is 0.657. The summed E-state index contributed by atoms with van der Waals surface area (Å²) in [5.41, 5.74) is 1.05. The Labute approximate surface area is 75.4 Å². The molecule has 0 bridgehead atoms. The molecule has 62 valence electrons. The Bertz CT molecular complexity index is 341. The van der Waals surface area contributed by atoms with Crippen LogP contribution >= 0.6 is 11.6 Å². The van der Waals surface area contributed by atoms with Gasteiger partial charge in [-0.3, -0.25) is 0 Å². The number of halogens is 2. The van der Waals surface area contributed by atoms with Crippen LogP contribution in [0.4, 0.5) is 4.39 Å². The van der Waals surface area contributed by atoms with E-state index in [4.69, 9.17) is 16.9 Å². The van der Waals surface area contributed by atoms with Gasteiger partial charge in [0.15, 0.2) is 0 Å². The third-order valence-electron chi connectivity index (χ3n) is 1.60. The fourth-order valence-corrected chi connectivity index (χ4v) is 1.19. The maximum atomic E-state index is 12.9. The number of hydrogen-bond acceptors (Lipinski definition) is 1. The number of aryl methyl sites for hydroxylation is 1. The molecule has 3 heteroatoms. The molecule has 0 unspecified atom stereocenters. The highest BCUT2D eigenvalue weighted by molar-refractivity contribution is 6.31. The zero-order valence-electron chi connectivity index (χ0n) is 6.56. The minimum atomic E-state index is -0.315. The molecular formula is C9H7ClFN. The second-order valence-corrected chi connectivity index (χ2v) is 2.93. The number of benzene rings is 1. The number of hydrogen-bond donors (Lipinski definition) is 0. The van der Waals surface area contributed by atoms with Gasteiger partial charge in [-0.2, -0.15) is 5.26 Å². The van der Waals surface area contributed by atoms with E-state index in [1.807, 2.05) is 6.07 Å². The van der Waals surface area contributed by atoms with Crippen LogP contribution in [0.15, 0.2) is 12.1 Å². The first-order valence-corrected chi connectivity index (χ1v) is 3.84. The molecule has 0 fully saturated rings. The molecule has 1 nitrogen and oxygen atoms in total. The van der Waals surface area contributed by atoms with Crippen molar-refractivity contribution in [2.24, 2.45) is 0 Å². The van der Waals surface area contributed by atoms with Crippen LogP contribution in [0.5, 0.6) is 0 Å². The first kappa shape index (κ1) is 9.02. The predicted molar refractivity (Wildman–Crippen MR) is 45.5 cm³/mol. The molecule has 0 radical (unpaired) electrons. The SMILES string of the molecule is Cc1cc(Cl)c(CC#N)cc1F. The van der Waals surface area contributed by atoms with E-state index in [0.717, 1.165) is 0 Å². The lowest BCUT2D eigenvalue weighted by molar-refractivity contribution is 0.617. The van der Waals surface area contributed by atoms with Crippen LogP contribution in [0.1, 0.15) is 11.1 Å². The lowest BCUT2D eigenvalue weighted by Crippen LogP contribution is -1.89. The molecule has 1 aromatic carbocycles. The van der Waals surface area contributed by atoms with Gasteiger partial charge >= 0.3 is 0 Å². The summed E-state index contributed by atoms with van der Waals surface area (Å²) in [5.74, 6) is -0.315. The summed E-state index contributed by atoms with van der Waals surface area (Å²) in [6, 6.07) is 4.76. The van der Waals surface area contributed by atoms with Crippen molar-refractivity contribution in [3.63, 3.8) is 0 Å². The summed E-state index contributed by atoms with van der Waals surface area (Å²) in [4.78, 5) is 0. The second kappa shape index (κ2) is 3.55. The van der Waals surface area contributed by atoms with E-state index in [-0.39, 0.29) is 12.2 Å². The van der Waals surface area contributed by atoms with Crippen LogP contribution in [0.25, 0.3) is 0 Å². The molecule has 0 aliphatic heterocycles. The Hall–Kier alpha value is -1.07. The Balaban J connectivity index is 3.16. The third kappa shape index (κ3) is 1.75. The van der Waals surface area contributed by atoms with E-state index >= 15 is 0 Å². The summed E-state index contributed by atoms with van der Waals surface area (Å²) in [5, 5.41) is 8.83. The van der Waals surface area contributed by atoms with Crippen LogP contribution in [-0.4, -0.2) is 0 Å². The van der Waals surface area contributed by atoms with Crippen LogP contribution in [0.3, 0.4) is 0 Å². The monoisotopic (exact) mass is 183 g/mol. The maximum Gasteiger partial charge on any atom is 0.126 e. The molecule has 0 aromatic heterocycles. The number of nitriles is 1. The molecule has 0 aliphatic rings. The average Bonchev–Trinajstić information content (AvgIpc) is 2.01. The molecule has 1 aromatic rings. The first-order valence-electron chi connectivity index (χ1n) is 3.46.